The number of benzene rings is 2. The van der Waals surface area contributed by atoms with Gasteiger partial charge < -0.3 is 10.3 Å². The third-order valence-corrected chi connectivity index (χ3v) is 4.79. The minimum atomic E-state index is -2.93. The maximum atomic E-state index is 13.6. The SMILES string of the molecule is CN1C=CC(C(=O)Nc2ccccc2-c2ccc(Cl)c(Cl)c2)(C(F)F)N1. The van der Waals surface area contributed by atoms with Crippen LogP contribution in [0.25, 0.3) is 11.1 Å². The van der Waals surface area contributed by atoms with Gasteiger partial charge in [-0.25, -0.2) is 14.2 Å². The highest BCUT2D eigenvalue weighted by molar-refractivity contribution is 6.42. The quantitative estimate of drug-likeness (QED) is 0.794. The Balaban J connectivity index is 1.95. The summed E-state index contributed by atoms with van der Waals surface area (Å²) in [4.78, 5) is 12.6. The van der Waals surface area contributed by atoms with Crippen molar-refractivity contribution in [3.8, 4) is 11.1 Å². The van der Waals surface area contributed by atoms with E-state index < -0.39 is 17.9 Å². The topological polar surface area (TPSA) is 44.4 Å². The van der Waals surface area contributed by atoms with E-state index in [0.29, 0.717) is 26.9 Å². The molecule has 0 bridgehead atoms. The van der Waals surface area contributed by atoms with Crippen LogP contribution in [0.5, 0.6) is 0 Å². The van der Waals surface area contributed by atoms with Crippen LogP contribution >= 0.6 is 23.2 Å². The molecule has 1 unspecified atom stereocenters. The van der Waals surface area contributed by atoms with Gasteiger partial charge in [0.15, 0.2) is 5.54 Å². The standard InChI is InChI=1S/C18H15Cl2F2N3O/c1-25-9-8-18(24-25,16(21)22)17(26)23-15-5-3-2-4-12(15)11-6-7-13(19)14(20)10-11/h2-10,16,24H,1H3,(H,23,26). The first kappa shape index (κ1) is 18.6. The number of nitrogens with one attached hydrogen (secondary N) is 2. The van der Waals surface area contributed by atoms with Crippen molar-refractivity contribution in [1.29, 1.82) is 0 Å². The first-order chi connectivity index (χ1) is 12.3. The average molecular weight is 398 g/mol. The second-order valence-corrected chi connectivity index (χ2v) is 6.65. The molecule has 0 fully saturated rings. The number of alkyl halides is 2. The van der Waals surface area contributed by atoms with Crippen molar-refractivity contribution in [1.82, 2.24) is 10.4 Å². The maximum absolute atomic E-state index is 13.6. The van der Waals surface area contributed by atoms with Crippen LogP contribution in [-0.4, -0.2) is 29.9 Å². The average Bonchev–Trinajstić information content (AvgIpc) is 3.01. The van der Waals surface area contributed by atoms with Gasteiger partial charge in [0.2, 0.25) is 0 Å². The van der Waals surface area contributed by atoms with E-state index in [1.54, 1.807) is 42.5 Å². The number of nitrogens with zero attached hydrogens (tertiary/aromatic N) is 1. The maximum Gasteiger partial charge on any atom is 0.270 e. The van der Waals surface area contributed by atoms with Crippen molar-refractivity contribution < 1.29 is 13.6 Å². The number of halogens is 4. The largest absolute Gasteiger partial charge is 0.323 e. The van der Waals surface area contributed by atoms with E-state index >= 15 is 0 Å². The van der Waals surface area contributed by atoms with Gasteiger partial charge in [-0.05, 0) is 29.8 Å². The second-order valence-electron chi connectivity index (χ2n) is 5.84. The molecule has 1 heterocycles. The lowest BCUT2D eigenvalue weighted by molar-refractivity contribution is -0.127. The monoisotopic (exact) mass is 397 g/mol. The second kappa shape index (κ2) is 7.23. The molecule has 1 aliphatic rings. The van der Waals surface area contributed by atoms with Gasteiger partial charge in [0.25, 0.3) is 12.3 Å². The number of carbonyl (C=O) groups excluding carboxylic acids is 1. The van der Waals surface area contributed by atoms with Crippen molar-refractivity contribution in [3.05, 3.63) is 64.8 Å². The molecule has 3 rings (SSSR count). The number of amides is 1. The van der Waals surface area contributed by atoms with Crippen LogP contribution in [0.4, 0.5) is 14.5 Å². The van der Waals surface area contributed by atoms with Crippen molar-refractivity contribution in [2.45, 2.75) is 12.0 Å². The van der Waals surface area contributed by atoms with Crippen molar-refractivity contribution >= 4 is 34.8 Å². The molecule has 2 N–H and O–H groups in total. The summed E-state index contributed by atoms with van der Waals surface area (Å²) in [6, 6.07) is 11.9. The Morgan fingerprint density at radius 1 is 1.19 bits per heavy atom. The molecule has 1 atom stereocenters. The number of hydrogen-bond acceptors (Lipinski definition) is 3. The summed E-state index contributed by atoms with van der Waals surface area (Å²) in [6.07, 6.45) is -0.397. The predicted octanol–water partition coefficient (Wildman–Crippen LogP) is 4.57. The summed E-state index contributed by atoms with van der Waals surface area (Å²) in [5, 5.41) is 4.67. The van der Waals surface area contributed by atoms with Crippen LogP contribution in [0, 0.1) is 0 Å². The Labute approximate surface area is 159 Å². The Morgan fingerprint density at radius 2 is 1.92 bits per heavy atom. The minimum absolute atomic E-state index is 0.358. The van der Waals surface area contributed by atoms with Crippen molar-refractivity contribution in [2.75, 3.05) is 12.4 Å². The zero-order valence-electron chi connectivity index (χ0n) is 13.6. The van der Waals surface area contributed by atoms with Gasteiger partial charge in [-0.3, -0.25) is 4.79 Å². The number of carbonyl (C=O) groups is 1. The summed E-state index contributed by atoms with van der Waals surface area (Å²) in [5.74, 6) is -0.861. The highest BCUT2D eigenvalue weighted by Crippen LogP contribution is 2.34. The summed E-state index contributed by atoms with van der Waals surface area (Å²) in [7, 11) is 1.54. The summed E-state index contributed by atoms with van der Waals surface area (Å²) >= 11 is 12.0. The summed E-state index contributed by atoms with van der Waals surface area (Å²) in [5.41, 5.74) is 2.09. The third-order valence-electron chi connectivity index (χ3n) is 4.05. The lowest BCUT2D eigenvalue weighted by Gasteiger charge is -2.28. The molecule has 1 aliphatic heterocycles. The van der Waals surface area contributed by atoms with Crippen molar-refractivity contribution in [3.63, 3.8) is 0 Å². The molecule has 8 heteroatoms. The predicted molar refractivity (Wildman–Crippen MR) is 99.3 cm³/mol. The van der Waals surface area contributed by atoms with E-state index in [1.807, 2.05) is 0 Å². The molecular weight excluding hydrogens is 383 g/mol. The first-order valence-corrected chi connectivity index (χ1v) is 8.43. The van der Waals surface area contributed by atoms with Crippen LogP contribution in [0.15, 0.2) is 54.7 Å². The van der Waals surface area contributed by atoms with E-state index in [-0.39, 0.29) is 0 Å². The molecule has 4 nitrogen and oxygen atoms in total. The molecule has 26 heavy (non-hydrogen) atoms. The number of rotatable bonds is 4. The van der Waals surface area contributed by atoms with E-state index in [2.05, 4.69) is 10.7 Å². The van der Waals surface area contributed by atoms with Crippen LogP contribution in [-0.2, 0) is 4.79 Å². The molecule has 0 saturated carbocycles. The highest BCUT2D eigenvalue weighted by Gasteiger charge is 2.48. The van der Waals surface area contributed by atoms with Gasteiger partial charge in [-0.15, -0.1) is 0 Å². The number of para-hydroxylation sites is 1. The highest BCUT2D eigenvalue weighted by atomic mass is 35.5. The molecule has 0 radical (unpaired) electrons. The number of hydrazine groups is 1. The zero-order valence-corrected chi connectivity index (χ0v) is 15.2. The minimum Gasteiger partial charge on any atom is -0.323 e. The van der Waals surface area contributed by atoms with Crippen molar-refractivity contribution in [2.24, 2.45) is 0 Å². The molecule has 0 spiro atoms. The fourth-order valence-corrected chi connectivity index (χ4v) is 2.97. The zero-order chi connectivity index (χ0) is 18.9. The molecule has 136 valence electrons. The van der Waals surface area contributed by atoms with E-state index in [1.165, 1.54) is 18.3 Å². The number of anilines is 1. The smallest absolute Gasteiger partial charge is 0.270 e. The molecule has 0 aromatic heterocycles. The summed E-state index contributed by atoms with van der Waals surface area (Å²) < 4.78 is 27.2. The van der Waals surface area contributed by atoms with Gasteiger partial charge in [-0.1, -0.05) is 47.5 Å². The molecule has 1 amide bonds. The molecule has 2 aromatic carbocycles. The lowest BCUT2D eigenvalue weighted by Crippen LogP contribution is -2.58. The van der Waals surface area contributed by atoms with Gasteiger partial charge in [-0.2, -0.15) is 0 Å². The van der Waals surface area contributed by atoms with E-state index in [9.17, 15) is 13.6 Å². The van der Waals surface area contributed by atoms with Gasteiger partial charge >= 0.3 is 0 Å². The van der Waals surface area contributed by atoms with Gasteiger partial charge in [0.05, 0.1) is 10.0 Å². The normalized spacial score (nSPS) is 19.2. The van der Waals surface area contributed by atoms with Crippen LogP contribution in [0.1, 0.15) is 0 Å². The Bertz CT molecular complexity index is 875. The van der Waals surface area contributed by atoms with E-state index in [0.717, 1.165) is 6.08 Å². The third kappa shape index (κ3) is 3.40. The first-order valence-electron chi connectivity index (χ1n) is 7.67. The lowest BCUT2D eigenvalue weighted by atomic mass is 9.99. The Morgan fingerprint density at radius 3 is 2.54 bits per heavy atom. The number of hydrogen-bond donors (Lipinski definition) is 2. The molecule has 0 saturated heterocycles. The van der Waals surface area contributed by atoms with Gasteiger partial charge in [0.1, 0.15) is 0 Å². The molecule has 2 aromatic rings. The molecule has 0 aliphatic carbocycles. The fourth-order valence-electron chi connectivity index (χ4n) is 2.68. The molecular formula is C18H15Cl2F2N3O. The van der Waals surface area contributed by atoms with Crippen LogP contribution in [0.3, 0.4) is 0 Å². The Hall–Kier alpha value is -2.15. The van der Waals surface area contributed by atoms with E-state index in [4.69, 9.17) is 23.2 Å². The summed E-state index contributed by atoms with van der Waals surface area (Å²) in [6.45, 7) is 0. The van der Waals surface area contributed by atoms with Crippen LogP contribution < -0.4 is 10.7 Å². The van der Waals surface area contributed by atoms with Gasteiger partial charge in [0, 0.05) is 24.5 Å². The fraction of sp³-hybridized carbons (Fsp3) is 0.167. The Kier molecular flexibility index (Phi) is 5.18. The van der Waals surface area contributed by atoms with Crippen LogP contribution in [0.2, 0.25) is 10.0 Å².